The molecule has 0 aliphatic heterocycles. The van der Waals surface area contributed by atoms with Crippen LogP contribution in [0.15, 0.2) is 0 Å². The summed E-state index contributed by atoms with van der Waals surface area (Å²) < 4.78 is 4.81. The molecule has 2 atom stereocenters. The SMILES string of the molecule is COCCC(N)C(=O)N[C@@H](C(=O)O)C(C)(C)C. The first-order valence-electron chi connectivity index (χ1n) is 5.48. The molecule has 0 bridgehead atoms. The number of amides is 1. The predicted molar refractivity (Wildman–Crippen MR) is 63.5 cm³/mol. The van der Waals surface area contributed by atoms with Crippen LogP contribution in [-0.2, 0) is 14.3 Å². The third kappa shape index (κ3) is 5.65. The maximum absolute atomic E-state index is 11.7. The summed E-state index contributed by atoms with van der Waals surface area (Å²) in [5.74, 6) is -1.53. The Morgan fingerprint density at radius 2 is 1.94 bits per heavy atom. The summed E-state index contributed by atoms with van der Waals surface area (Å²) in [5, 5.41) is 11.5. The number of aliphatic carboxylic acids is 1. The van der Waals surface area contributed by atoms with Crippen LogP contribution in [0, 0.1) is 5.41 Å². The van der Waals surface area contributed by atoms with E-state index in [9.17, 15) is 9.59 Å². The molecule has 100 valence electrons. The maximum atomic E-state index is 11.7. The molecule has 0 radical (unpaired) electrons. The molecular formula is C11H22N2O4. The fraction of sp³-hybridized carbons (Fsp3) is 0.818. The van der Waals surface area contributed by atoms with Crippen molar-refractivity contribution in [1.82, 2.24) is 5.32 Å². The van der Waals surface area contributed by atoms with Gasteiger partial charge in [0, 0.05) is 13.7 Å². The Labute approximate surface area is 102 Å². The van der Waals surface area contributed by atoms with Gasteiger partial charge >= 0.3 is 5.97 Å². The Hall–Kier alpha value is -1.14. The number of hydrogen-bond acceptors (Lipinski definition) is 4. The summed E-state index contributed by atoms with van der Waals surface area (Å²) in [6, 6.07) is -1.71. The number of carboxylic acids is 1. The second-order valence-corrected chi connectivity index (χ2v) is 5.03. The van der Waals surface area contributed by atoms with Crippen molar-refractivity contribution >= 4 is 11.9 Å². The molecule has 0 aromatic carbocycles. The van der Waals surface area contributed by atoms with E-state index in [2.05, 4.69) is 5.32 Å². The van der Waals surface area contributed by atoms with Gasteiger partial charge in [-0.15, -0.1) is 0 Å². The third-order valence-electron chi connectivity index (χ3n) is 2.37. The van der Waals surface area contributed by atoms with E-state index < -0.39 is 29.4 Å². The van der Waals surface area contributed by atoms with Crippen LogP contribution in [0.1, 0.15) is 27.2 Å². The Bertz CT molecular complexity index is 273. The molecule has 0 aliphatic carbocycles. The molecule has 4 N–H and O–H groups in total. The molecule has 0 spiro atoms. The highest BCUT2D eigenvalue weighted by Gasteiger charge is 2.33. The zero-order valence-electron chi connectivity index (χ0n) is 10.8. The van der Waals surface area contributed by atoms with E-state index in [4.69, 9.17) is 15.6 Å². The molecule has 6 nitrogen and oxygen atoms in total. The number of nitrogens with two attached hydrogens (primary N) is 1. The topological polar surface area (TPSA) is 102 Å². The Balaban J connectivity index is 4.47. The highest BCUT2D eigenvalue weighted by Crippen LogP contribution is 2.19. The van der Waals surface area contributed by atoms with Gasteiger partial charge in [0.15, 0.2) is 0 Å². The van der Waals surface area contributed by atoms with Crippen LogP contribution >= 0.6 is 0 Å². The third-order valence-corrected chi connectivity index (χ3v) is 2.37. The van der Waals surface area contributed by atoms with Gasteiger partial charge in [-0.3, -0.25) is 4.79 Å². The van der Waals surface area contributed by atoms with Gasteiger partial charge in [-0.05, 0) is 11.8 Å². The van der Waals surface area contributed by atoms with Crippen LogP contribution in [0.4, 0.5) is 0 Å². The minimum absolute atomic E-state index is 0.360. The normalized spacial score (nSPS) is 15.1. The quantitative estimate of drug-likeness (QED) is 0.610. The molecule has 1 amide bonds. The summed E-state index contributed by atoms with van der Waals surface area (Å²) in [7, 11) is 1.51. The fourth-order valence-electron chi connectivity index (χ4n) is 1.27. The molecule has 0 aromatic heterocycles. The van der Waals surface area contributed by atoms with E-state index in [0.29, 0.717) is 13.0 Å². The lowest BCUT2D eigenvalue weighted by atomic mass is 9.86. The van der Waals surface area contributed by atoms with Gasteiger partial charge in [-0.25, -0.2) is 4.79 Å². The fourth-order valence-corrected chi connectivity index (χ4v) is 1.27. The van der Waals surface area contributed by atoms with Crippen molar-refractivity contribution < 1.29 is 19.4 Å². The number of rotatable bonds is 6. The summed E-state index contributed by atoms with van der Waals surface area (Å²) in [6.45, 7) is 5.59. The second-order valence-electron chi connectivity index (χ2n) is 5.03. The van der Waals surface area contributed by atoms with Gasteiger partial charge < -0.3 is 20.9 Å². The Morgan fingerprint density at radius 1 is 1.41 bits per heavy atom. The van der Waals surface area contributed by atoms with Crippen molar-refractivity contribution in [2.75, 3.05) is 13.7 Å². The molecular weight excluding hydrogens is 224 g/mol. The largest absolute Gasteiger partial charge is 0.480 e. The predicted octanol–water partition coefficient (Wildman–Crippen LogP) is -0.0343. The van der Waals surface area contributed by atoms with Crippen molar-refractivity contribution in [1.29, 1.82) is 0 Å². The first-order chi connectivity index (χ1) is 7.70. The van der Waals surface area contributed by atoms with E-state index >= 15 is 0 Å². The zero-order valence-corrected chi connectivity index (χ0v) is 10.8. The van der Waals surface area contributed by atoms with Crippen molar-refractivity contribution in [3.8, 4) is 0 Å². The van der Waals surface area contributed by atoms with E-state index in [1.54, 1.807) is 20.8 Å². The van der Waals surface area contributed by atoms with Crippen LogP contribution in [0.2, 0.25) is 0 Å². The van der Waals surface area contributed by atoms with E-state index in [0.717, 1.165) is 0 Å². The van der Waals surface area contributed by atoms with Crippen molar-refractivity contribution in [3.63, 3.8) is 0 Å². The zero-order chi connectivity index (χ0) is 13.6. The van der Waals surface area contributed by atoms with Gasteiger partial charge in [0.05, 0.1) is 6.04 Å². The van der Waals surface area contributed by atoms with Gasteiger partial charge in [-0.2, -0.15) is 0 Å². The number of carbonyl (C=O) groups is 2. The summed E-state index contributed by atoms with van der Waals surface area (Å²) in [4.78, 5) is 22.7. The Morgan fingerprint density at radius 3 is 2.29 bits per heavy atom. The van der Waals surface area contributed by atoms with Gasteiger partial charge in [-0.1, -0.05) is 20.8 Å². The molecule has 0 saturated heterocycles. The smallest absolute Gasteiger partial charge is 0.326 e. The molecule has 0 fully saturated rings. The summed E-state index contributed by atoms with van der Waals surface area (Å²) in [6.07, 6.45) is 0.360. The lowest BCUT2D eigenvalue weighted by Crippen LogP contribution is -2.53. The molecule has 17 heavy (non-hydrogen) atoms. The van der Waals surface area contributed by atoms with E-state index in [1.807, 2.05) is 0 Å². The highest BCUT2D eigenvalue weighted by atomic mass is 16.5. The van der Waals surface area contributed by atoms with Crippen molar-refractivity contribution in [2.45, 2.75) is 39.3 Å². The van der Waals surface area contributed by atoms with Crippen molar-refractivity contribution in [3.05, 3.63) is 0 Å². The minimum atomic E-state index is -1.07. The molecule has 0 heterocycles. The first-order valence-corrected chi connectivity index (χ1v) is 5.48. The van der Waals surface area contributed by atoms with Gasteiger partial charge in [0.1, 0.15) is 6.04 Å². The molecule has 0 rings (SSSR count). The van der Waals surface area contributed by atoms with Gasteiger partial charge in [0.2, 0.25) is 5.91 Å². The molecule has 0 aromatic rings. The first kappa shape index (κ1) is 15.9. The number of hydrogen-bond donors (Lipinski definition) is 3. The number of nitrogens with one attached hydrogen (secondary N) is 1. The second kappa shape index (κ2) is 6.56. The van der Waals surface area contributed by atoms with Crippen LogP contribution in [0.25, 0.3) is 0 Å². The standard InChI is InChI=1S/C11H22N2O4/c1-11(2,3)8(10(15)16)13-9(14)7(12)5-6-17-4/h7-8H,5-6,12H2,1-4H3,(H,13,14)(H,15,16)/t7?,8-/m0/s1. The monoisotopic (exact) mass is 246 g/mol. The van der Waals surface area contributed by atoms with Crippen LogP contribution in [0.3, 0.4) is 0 Å². The highest BCUT2D eigenvalue weighted by molar-refractivity contribution is 5.87. The Kier molecular flexibility index (Phi) is 6.12. The molecule has 1 unspecified atom stereocenters. The number of ether oxygens (including phenoxy) is 1. The summed E-state index contributed by atoms with van der Waals surface area (Å²) in [5.41, 5.74) is 5.04. The average molecular weight is 246 g/mol. The van der Waals surface area contributed by atoms with E-state index in [-0.39, 0.29) is 0 Å². The molecule has 0 saturated carbocycles. The summed E-state index contributed by atoms with van der Waals surface area (Å²) >= 11 is 0. The maximum Gasteiger partial charge on any atom is 0.326 e. The lowest BCUT2D eigenvalue weighted by molar-refractivity contribution is -0.145. The number of carboxylic acid groups (broad SMARTS) is 1. The van der Waals surface area contributed by atoms with Gasteiger partial charge in [0.25, 0.3) is 0 Å². The average Bonchev–Trinajstić information content (AvgIpc) is 2.19. The minimum Gasteiger partial charge on any atom is -0.480 e. The molecule has 6 heteroatoms. The van der Waals surface area contributed by atoms with Crippen LogP contribution in [-0.4, -0.2) is 42.8 Å². The molecule has 0 aliphatic rings. The number of methoxy groups -OCH3 is 1. The van der Waals surface area contributed by atoms with E-state index in [1.165, 1.54) is 7.11 Å². The van der Waals surface area contributed by atoms with Crippen molar-refractivity contribution in [2.24, 2.45) is 11.1 Å². The van der Waals surface area contributed by atoms with Crippen LogP contribution in [0.5, 0.6) is 0 Å². The van der Waals surface area contributed by atoms with Crippen LogP contribution < -0.4 is 11.1 Å². The number of carbonyl (C=O) groups excluding carboxylic acids is 1. The lowest BCUT2D eigenvalue weighted by Gasteiger charge is -2.28.